The molecule has 0 spiro atoms. The molecule has 0 radical (unpaired) electrons. The van der Waals surface area contributed by atoms with Gasteiger partial charge < -0.3 is 4.84 Å². The summed E-state index contributed by atoms with van der Waals surface area (Å²) < 4.78 is 0. The average molecular weight is 191 g/mol. The number of rotatable bonds is 3. The van der Waals surface area contributed by atoms with E-state index < -0.39 is 5.24 Å². The van der Waals surface area contributed by atoms with Gasteiger partial charge in [0.25, 0.3) is 5.24 Å². The molecule has 1 aromatic rings. The summed E-state index contributed by atoms with van der Waals surface area (Å²) in [5, 5.41) is 4.68. The van der Waals surface area contributed by atoms with E-state index in [1.807, 2.05) is 0 Å². The summed E-state index contributed by atoms with van der Waals surface area (Å²) >= 11 is 6.21. The standard InChI is InChI=1S/C5H3ClN2O2S/c6-4(9)3-8-10-5-7-1-2-11-5/h1-3H. The van der Waals surface area contributed by atoms with Crippen molar-refractivity contribution in [2.24, 2.45) is 5.16 Å². The van der Waals surface area contributed by atoms with Crippen LogP contribution in [0.1, 0.15) is 0 Å². The molecule has 0 aliphatic rings. The molecule has 0 N–H and O–H groups in total. The molecular weight excluding hydrogens is 188 g/mol. The number of thiazole rings is 1. The summed E-state index contributed by atoms with van der Waals surface area (Å²) in [6, 6.07) is 0. The van der Waals surface area contributed by atoms with Crippen molar-refractivity contribution in [1.82, 2.24) is 4.98 Å². The monoisotopic (exact) mass is 190 g/mol. The van der Waals surface area contributed by atoms with Gasteiger partial charge in [0, 0.05) is 11.6 Å². The molecule has 0 amide bonds. The largest absolute Gasteiger partial charge is 0.325 e. The first-order valence-corrected chi connectivity index (χ1v) is 3.84. The first-order valence-electron chi connectivity index (χ1n) is 2.58. The van der Waals surface area contributed by atoms with Gasteiger partial charge in [-0.25, -0.2) is 4.98 Å². The normalized spacial score (nSPS) is 10.3. The van der Waals surface area contributed by atoms with Crippen LogP contribution < -0.4 is 4.84 Å². The number of halogens is 1. The zero-order chi connectivity index (χ0) is 8.10. The third kappa shape index (κ3) is 3.10. The lowest BCUT2D eigenvalue weighted by atomic mass is 10.9. The van der Waals surface area contributed by atoms with Crippen LogP contribution in [0, 0.1) is 0 Å². The van der Waals surface area contributed by atoms with Crippen LogP contribution in [-0.2, 0) is 4.79 Å². The van der Waals surface area contributed by atoms with E-state index in [2.05, 4.69) is 15.0 Å². The van der Waals surface area contributed by atoms with Gasteiger partial charge in [0.05, 0.1) is 0 Å². The van der Waals surface area contributed by atoms with E-state index in [0.29, 0.717) is 5.19 Å². The highest BCUT2D eigenvalue weighted by Crippen LogP contribution is 2.12. The molecule has 4 nitrogen and oxygen atoms in total. The quantitative estimate of drug-likeness (QED) is 0.410. The van der Waals surface area contributed by atoms with Crippen LogP contribution in [0.2, 0.25) is 0 Å². The van der Waals surface area contributed by atoms with E-state index in [9.17, 15) is 4.79 Å². The maximum atomic E-state index is 10.1. The number of oxime groups is 1. The Kier molecular flexibility index (Phi) is 3.00. The summed E-state index contributed by atoms with van der Waals surface area (Å²) in [6.45, 7) is 0. The van der Waals surface area contributed by atoms with E-state index in [-0.39, 0.29) is 0 Å². The summed E-state index contributed by atoms with van der Waals surface area (Å²) in [6.07, 6.45) is 2.43. The number of carbonyl (C=O) groups excluding carboxylic acids is 1. The molecule has 1 rings (SSSR count). The molecule has 0 aliphatic carbocycles. The molecule has 1 heterocycles. The zero-order valence-electron chi connectivity index (χ0n) is 5.23. The van der Waals surface area contributed by atoms with Crippen LogP contribution in [-0.4, -0.2) is 16.4 Å². The van der Waals surface area contributed by atoms with Crippen LogP contribution in [0.5, 0.6) is 5.19 Å². The molecule has 1 aromatic heterocycles. The van der Waals surface area contributed by atoms with Gasteiger partial charge in [-0.15, -0.1) is 0 Å². The van der Waals surface area contributed by atoms with Crippen molar-refractivity contribution in [1.29, 1.82) is 0 Å². The molecule has 58 valence electrons. The van der Waals surface area contributed by atoms with Crippen LogP contribution in [0.15, 0.2) is 16.7 Å². The minimum Gasteiger partial charge on any atom is -0.325 e. The molecule has 11 heavy (non-hydrogen) atoms. The van der Waals surface area contributed by atoms with Crippen LogP contribution in [0.3, 0.4) is 0 Å². The second-order valence-electron chi connectivity index (χ2n) is 1.43. The smallest absolute Gasteiger partial charge is 0.305 e. The lowest BCUT2D eigenvalue weighted by molar-refractivity contribution is -0.105. The average Bonchev–Trinajstić information content (AvgIpc) is 2.39. The fraction of sp³-hybridized carbons (Fsp3) is 0. The summed E-state index contributed by atoms with van der Waals surface area (Å²) in [5.74, 6) is 0. The van der Waals surface area contributed by atoms with Crippen molar-refractivity contribution in [2.45, 2.75) is 0 Å². The van der Waals surface area contributed by atoms with Crippen LogP contribution in [0.25, 0.3) is 0 Å². The van der Waals surface area contributed by atoms with Gasteiger partial charge in [0.2, 0.25) is 0 Å². The molecule has 0 saturated heterocycles. The first-order chi connectivity index (χ1) is 5.29. The fourth-order valence-electron chi connectivity index (χ4n) is 0.368. The highest BCUT2D eigenvalue weighted by Gasteiger charge is 1.92. The molecule has 0 saturated carbocycles. The third-order valence-corrected chi connectivity index (χ3v) is 1.43. The Morgan fingerprint density at radius 1 is 1.91 bits per heavy atom. The van der Waals surface area contributed by atoms with Gasteiger partial charge in [-0.2, -0.15) is 0 Å². The van der Waals surface area contributed by atoms with Crippen LogP contribution in [0.4, 0.5) is 0 Å². The zero-order valence-corrected chi connectivity index (χ0v) is 6.80. The Bertz CT molecular complexity index is 259. The van der Waals surface area contributed by atoms with Gasteiger partial charge in [-0.1, -0.05) is 16.5 Å². The Morgan fingerprint density at radius 3 is 3.27 bits per heavy atom. The van der Waals surface area contributed by atoms with Crippen molar-refractivity contribution in [2.75, 3.05) is 0 Å². The van der Waals surface area contributed by atoms with Crippen molar-refractivity contribution < 1.29 is 9.63 Å². The van der Waals surface area contributed by atoms with Crippen molar-refractivity contribution >= 4 is 34.4 Å². The SMILES string of the molecule is O=C(Cl)C=NOc1nccs1. The third-order valence-electron chi connectivity index (χ3n) is 0.695. The molecule has 0 bridgehead atoms. The summed E-state index contributed by atoms with van der Waals surface area (Å²) in [7, 11) is 0. The molecule has 0 fully saturated rings. The highest BCUT2D eigenvalue weighted by atomic mass is 35.5. The van der Waals surface area contributed by atoms with E-state index in [1.165, 1.54) is 11.3 Å². The van der Waals surface area contributed by atoms with Crippen molar-refractivity contribution in [3.63, 3.8) is 0 Å². The topological polar surface area (TPSA) is 51.5 Å². The Hall–Kier alpha value is -0.940. The number of hydrogen-bond acceptors (Lipinski definition) is 5. The molecule has 0 aromatic carbocycles. The van der Waals surface area contributed by atoms with Gasteiger partial charge >= 0.3 is 5.19 Å². The summed E-state index contributed by atoms with van der Waals surface area (Å²) in [4.78, 5) is 18.5. The summed E-state index contributed by atoms with van der Waals surface area (Å²) in [5.41, 5.74) is 0. The number of aromatic nitrogens is 1. The van der Waals surface area contributed by atoms with E-state index >= 15 is 0 Å². The van der Waals surface area contributed by atoms with Gasteiger partial charge in [0.1, 0.15) is 6.21 Å². The van der Waals surface area contributed by atoms with Crippen molar-refractivity contribution in [3.05, 3.63) is 11.6 Å². The molecule has 0 unspecified atom stereocenters. The second-order valence-corrected chi connectivity index (χ2v) is 2.66. The lowest BCUT2D eigenvalue weighted by Crippen LogP contribution is -1.89. The lowest BCUT2D eigenvalue weighted by Gasteiger charge is -1.86. The van der Waals surface area contributed by atoms with E-state index in [0.717, 1.165) is 6.21 Å². The maximum Gasteiger partial charge on any atom is 0.305 e. The minimum absolute atomic E-state index is 0.374. The number of carbonyl (C=O) groups is 1. The van der Waals surface area contributed by atoms with Gasteiger partial charge in [-0.05, 0) is 11.6 Å². The molecule has 0 atom stereocenters. The highest BCUT2D eigenvalue weighted by molar-refractivity contribution is 7.11. The first kappa shape index (κ1) is 8.16. The minimum atomic E-state index is -0.679. The Morgan fingerprint density at radius 2 is 2.73 bits per heavy atom. The molecule has 0 aliphatic heterocycles. The van der Waals surface area contributed by atoms with Gasteiger partial charge in [0.15, 0.2) is 0 Å². The molecule has 6 heteroatoms. The van der Waals surface area contributed by atoms with Crippen molar-refractivity contribution in [3.8, 4) is 5.19 Å². The van der Waals surface area contributed by atoms with Crippen LogP contribution >= 0.6 is 22.9 Å². The number of hydrogen-bond donors (Lipinski definition) is 0. The van der Waals surface area contributed by atoms with E-state index in [1.54, 1.807) is 11.6 Å². The number of nitrogens with zero attached hydrogens (tertiary/aromatic N) is 2. The van der Waals surface area contributed by atoms with E-state index in [4.69, 9.17) is 11.6 Å². The predicted octanol–water partition coefficient (Wildman–Crippen LogP) is 1.27. The Labute approximate surface area is 71.4 Å². The Balaban J connectivity index is 2.40. The maximum absolute atomic E-state index is 10.1. The van der Waals surface area contributed by atoms with Gasteiger partial charge in [-0.3, -0.25) is 4.79 Å². The second kappa shape index (κ2) is 4.05. The molecular formula is C5H3ClN2O2S. The predicted molar refractivity (Wildman–Crippen MR) is 42.1 cm³/mol. The fourth-order valence-corrected chi connectivity index (χ4v) is 0.854.